The second-order valence-corrected chi connectivity index (χ2v) is 2.38. The number of carbonyl (C=O) groups excluding carboxylic acids is 1. The van der Waals surface area contributed by atoms with Crippen molar-refractivity contribution in [3.8, 4) is 0 Å². The molecule has 0 atom stereocenters. The minimum atomic E-state index is -0.0488. The third-order valence-corrected chi connectivity index (χ3v) is 1.37. The summed E-state index contributed by atoms with van der Waals surface area (Å²) in [5.74, 6) is 0.489. The topological polar surface area (TPSA) is 68.0 Å². The van der Waals surface area contributed by atoms with Gasteiger partial charge in [-0.05, 0) is 12.1 Å². The van der Waals surface area contributed by atoms with Gasteiger partial charge in [-0.25, -0.2) is 4.98 Å². The van der Waals surface area contributed by atoms with Gasteiger partial charge >= 0.3 is 0 Å². The number of nitrogens with two attached hydrogens (primary N) is 1. The first-order valence-corrected chi connectivity index (χ1v) is 3.73. The summed E-state index contributed by atoms with van der Waals surface area (Å²) in [5.41, 5.74) is 6.00. The summed E-state index contributed by atoms with van der Waals surface area (Å²) in [6.07, 6.45) is 1.96. The molecule has 1 heterocycles. The number of hydrogen-bond donors (Lipinski definition) is 2. The monoisotopic (exact) mass is 165 g/mol. The van der Waals surface area contributed by atoms with Crippen LogP contribution in [-0.4, -0.2) is 10.9 Å². The molecule has 0 aromatic carbocycles. The molecule has 0 unspecified atom stereocenters. The van der Waals surface area contributed by atoms with Crippen molar-refractivity contribution in [1.82, 2.24) is 4.98 Å². The lowest BCUT2D eigenvalue weighted by Gasteiger charge is -2.01. The van der Waals surface area contributed by atoms with Crippen molar-refractivity contribution in [2.45, 2.75) is 13.3 Å². The van der Waals surface area contributed by atoms with Crippen LogP contribution >= 0.6 is 0 Å². The lowest BCUT2D eigenvalue weighted by atomic mass is 10.4. The van der Waals surface area contributed by atoms with Gasteiger partial charge in [0.25, 0.3) is 0 Å². The number of rotatable bonds is 2. The molecule has 1 aromatic heterocycles. The number of aromatic nitrogens is 1. The van der Waals surface area contributed by atoms with Crippen LogP contribution in [0, 0.1) is 0 Å². The van der Waals surface area contributed by atoms with Crippen LogP contribution in [0.25, 0.3) is 0 Å². The number of hydrogen-bond acceptors (Lipinski definition) is 3. The van der Waals surface area contributed by atoms with Gasteiger partial charge in [0, 0.05) is 6.42 Å². The zero-order valence-electron chi connectivity index (χ0n) is 6.87. The molecule has 64 valence electrons. The van der Waals surface area contributed by atoms with Crippen molar-refractivity contribution in [2.24, 2.45) is 0 Å². The maximum atomic E-state index is 10.9. The average molecular weight is 165 g/mol. The molecule has 4 nitrogen and oxygen atoms in total. The zero-order valence-corrected chi connectivity index (χ0v) is 6.87. The van der Waals surface area contributed by atoms with Crippen LogP contribution in [0.3, 0.4) is 0 Å². The van der Waals surface area contributed by atoms with Crippen molar-refractivity contribution in [1.29, 1.82) is 0 Å². The molecule has 12 heavy (non-hydrogen) atoms. The molecular weight excluding hydrogens is 154 g/mol. The number of amides is 1. The van der Waals surface area contributed by atoms with E-state index in [1.54, 1.807) is 19.1 Å². The van der Waals surface area contributed by atoms with E-state index in [0.29, 0.717) is 17.9 Å². The van der Waals surface area contributed by atoms with Crippen LogP contribution in [0.4, 0.5) is 11.5 Å². The lowest BCUT2D eigenvalue weighted by molar-refractivity contribution is -0.115. The number of nitrogens with one attached hydrogen (secondary N) is 1. The van der Waals surface area contributed by atoms with Gasteiger partial charge in [0.05, 0.1) is 11.9 Å². The Balaban J connectivity index is 2.64. The second-order valence-electron chi connectivity index (χ2n) is 2.38. The van der Waals surface area contributed by atoms with Crippen LogP contribution < -0.4 is 11.1 Å². The number of pyridine rings is 1. The fourth-order valence-electron chi connectivity index (χ4n) is 0.710. The highest BCUT2D eigenvalue weighted by molar-refractivity contribution is 5.89. The number of carbonyl (C=O) groups is 1. The molecule has 3 N–H and O–H groups in total. The summed E-state index contributed by atoms with van der Waals surface area (Å²) >= 11 is 0. The van der Waals surface area contributed by atoms with Gasteiger partial charge < -0.3 is 11.1 Å². The molecule has 0 aliphatic carbocycles. The normalized spacial score (nSPS) is 9.42. The molecule has 0 spiro atoms. The van der Waals surface area contributed by atoms with Gasteiger partial charge in [0.1, 0.15) is 5.82 Å². The molecule has 0 saturated carbocycles. The van der Waals surface area contributed by atoms with Crippen molar-refractivity contribution < 1.29 is 4.79 Å². The Morgan fingerprint density at radius 3 is 2.92 bits per heavy atom. The van der Waals surface area contributed by atoms with Crippen molar-refractivity contribution in [3.05, 3.63) is 18.3 Å². The van der Waals surface area contributed by atoms with E-state index in [1.165, 1.54) is 6.20 Å². The van der Waals surface area contributed by atoms with E-state index in [4.69, 9.17) is 5.73 Å². The van der Waals surface area contributed by atoms with Crippen LogP contribution in [0.15, 0.2) is 18.3 Å². The molecule has 4 heteroatoms. The molecule has 0 aliphatic rings. The molecule has 0 radical (unpaired) electrons. The first-order chi connectivity index (χ1) is 5.72. The largest absolute Gasteiger partial charge is 0.397 e. The standard InChI is InChI=1S/C8H11N3O/c1-2-8(12)11-7-4-3-6(9)5-10-7/h3-5H,2,9H2,1H3,(H,10,11,12). The van der Waals surface area contributed by atoms with Crippen LogP contribution in [0.1, 0.15) is 13.3 Å². The van der Waals surface area contributed by atoms with E-state index >= 15 is 0 Å². The highest BCUT2D eigenvalue weighted by atomic mass is 16.1. The van der Waals surface area contributed by atoms with E-state index < -0.39 is 0 Å². The predicted octanol–water partition coefficient (Wildman–Crippen LogP) is 1.01. The molecule has 1 amide bonds. The van der Waals surface area contributed by atoms with E-state index in [1.807, 2.05) is 0 Å². The van der Waals surface area contributed by atoms with E-state index in [0.717, 1.165) is 0 Å². The SMILES string of the molecule is CCC(=O)Nc1ccc(N)cn1. The Labute approximate surface area is 70.8 Å². The first kappa shape index (κ1) is 8.52. The first-order valence-electron chi connectivity index (χ1n) is 3.73. The van der Waals surface area contributed by atoms with Crippen molar-refractivity contribution in [2.75, 3.05) is 11.1 Å². The summed E-state index contributed by atoms with van der Waals surface area (Å²) < 4.78 is 0. The van der Waals surface area contributed by atoms with Gasteiger partial charge in [-0.3, -0.25) is 4.79 Å². The number of anilines is 2. The Morgan fingerprint density at radius 1 is 1.67 bits per heavy atom. The minimum absolute atomic E-state index is 0.0488. The second kappa shape index (κ2) is 3.71. The maximum Gasteiger partial charge on any atom is 0.225 e. The molecule has 0 fully saturated rings. The smallest absolute Gasteiger partial charge is 0.225 e. The summed E-state index contributed by atoms with van der Waals surface area (Å²) in [6, 6.07) is 3.36. The Hall–Kier alpha value is -1.58. The van der Waals surface area contributed by atoms with E-state index in [2.05, 4.69) is 10.3 Å². The Morgan fingerprint density at radius 2 is 2.42 bits per heavy atom. The third kappa shape index (κ3) is 2.23. The minimum Gasteiger partial charge on any atom is -0.397 e. The van der Waals surface area contributed by atoms with Gasteiger partial charge in [0.2, 0.25) is 5.91 Å². The zero-order chi connectivity index (χ0) is 8.97. The van der Waals surface area contributed by atoms with E-state index in [9.17, 15) is 4.79 Å². The molecular formula is C8H11N3O. The summed E-state index contributed by atoms with van der Waals surface area (Å²) in [5, 5.41) is 2.61. The molecule has 0 saturated heterocycles. The van der Waals surface area contributed by atoms with Crippen molar-refractivity contribution in [3.63, 3.8) is 0 Å². The van der Waals surface area contributed by atoms with Crippen LogP contribution in [-0.2, 0) is 4.79 Å². The average Bonchev–Trinajstić information content (AvgIpc) is 2.09. The quantitative estimate of drug-likeness (QED) is 0.687. The Bertz CT molecular complexity index is 268. The van der Waals surface area contributed by atoms with Crippen LogP contribution in [0.5, 0.6) is 0 Å². The summed E-state index contributed by atoms with van der Waals surface area (Å²) in [4.78, 5) is 14.8. The van der Waals surface area contributed by atoms with Gasteiger partial charge in [-0.2, -0.15) is 0 Å². The summed E-state index contributed by atoms with van der Waals surface area (Å²) in [6.45, 7) is 1.78. The van der Waals surface area contributed by atoms with Crippen molar-refractivity contribution >= 4 is 17.4 Å². The maximum absolute atomic E-state index is 10.9. The lowest BCUT2D eigenvalue weighted by Crippen LogP contribution is -2.10. The molecule has 0 aliphatic heterocycles. The van der Waals surface area contributed by atoms with Gasteiger partial charge in [-0.1, -0.05) is 6.92 Å². The highest BCUT2D eigenvalue weighted by Crippen LogP contribution is 2.05. The molecule has 1 rings (SSSR count). The van der Waals surface area contributed by atoms with E-state index in [-0.39, 0.29) is 5.91 Å². The number of nitrogen functional groups attached to an aromatic ring is 1. The molecule has 1 aromatic rings. The third-order valence-electron chi connectivity index (χ3n) is 1.37. The number of nitrogens with zero attached hydrogens (tertiary/aromatic N) is 1. The fraction of sp³-hybridized carbons (Fsp3) is 0.250. The van der Waals surface area contributed by atoms with Gasteiger partial charge in [-0.15, -0.1) is 0 Å². The highest BCUT2D eigenvalue weighted by Gasteiger charge is 1.98. The molecule has 0 bridgehead atoms. The summed E-state index contributed by atoms with van der Waals surface area (Å²) in [7, 11) is 0. The van der Waals surface area contributed by atoms with Gasteiger partial charge in [0.15, 0.2) is 0 Å². The predicted molar refractivity (Wildman–Crippen MR) is 47.6 cm³/mol. The fourth-order valence-corrected chi connectivity index (χ4v) is 0.710. The van der Waals surface area contributed by atoms with Crippen LogP contribution in [0.2, 0.25) is 0 Å². The Kier molecular flexibility index (Phi) is 2.63.